The Morgan fingerprint density at radius 3 is 2.65 bits per heavy atom. The van der Waals surface area contributed by atoms with E-state index in [4.69, 9.17) is 15.2 Å². The Kier molecular flexibility index (Phi) is 6.23. The molecule has 0 amide bonds. The zero-order valence-corrected chi connectivity index (χ0v) is 15.9. The maximum atomic E-state index is 12.1. The topological polar surface area (TPSA) is 86.7 Å². The van der Waals surface area contributed by atoms with E-state index in [0.29, 0.717) is 12.3 Å². The van der Waals surface area contributed by atoms with Crippen LogP contribution < -0.4 is 5.73 Å². The summed E-state index contributed by atoms with van der Waals surface area (Å²) >= 11 is 0. The highest BCUT2D eigenvalue weighted by Gasteiger charge is 2.35. The van der Waals surface area contributed by atoms with Crippen LogP contribution in [0, 0.1) is 0 Å². The van der Waals surface area contributed by atoms with Gasteiger partial charge in [0.2, 0.25) is 0 Å². The highest BCUT2D eigenvalue weighted by Crippen LogP contribution is 2.39. The Morgan fingerprint density at radius 2 is 2.08 bits per heavy atom. The van der Waals surface area contributed by atoms with Gasteiger partial charge in [-0.05, 0) is 13.0 Å². The molecule has 0 saturated heterocycles. The molecule has 1 aromatic carbocycles. The molecule has 2 rings (SSSR count). The van der Waals surface area contributed by atoms with E-state index in [0.717, 1.165) is 16.6 Å². The second-order valence-corrected chi connectivity index (χ2v) is 6.77. The average Bonchev–Trinajstić information content (AvgIpc) is 2.96. The van der Waals surface area contributed by atoms with Crippen LogP contribution in [0.4, 0.5) is 0 Å². The minimum Gasteiger partial charge on any atom is -0.465 e. The lowest BCUT2D eigenvalue weighted by molar-refractivity contribution is -0.147. The Balaban J connectivity index is 2.76. The zero-order chi connectivity index (χ0) is 19.5. The number of rotatable bonds is 8. The summed E-state index contributed by atoms with van der Waals surface area (Å²) in [5, 5.41) is 11.8. The first-order valence-electron chi connectivity index (χ1n) is 8.64. The molecule has 1 heterocycles. The third-order valence-electron chi connectivity index (χ3n) is 4.58. The number of ether oxygens (including phenoxy) is 2. The van der Waals surface area contributed by atoms with E-state index in [9.17, 15) is 9.90 Å². The van der Waals surface area contributed by atoms with Gasteiger partial charge in [-0.15, -0.1) is 6.58 Å². The van der Waals surface area contributed by atoms with Crippen molar-refractivity contribution in [2.45, 2.75) is 45.1 Å². The first kappa shape index (κ1) is 20.2. The van der Waals surface area contributed by atoms with E-state index in [1.54, 1.807) is 20.1 Å². The van der Waals surface area contributed by atoms with Gasteiger partial charge in [-0.1, -0.05) is 38.1 Å². The molecular weight excluding hydrogens is 332 g/mol. The number of nitrogens with zero attached hydrogens (tertiary/aromatic N) is 1. The molecule has 2 aromatic rings. The largest absolute Gasteiger partial charge is 0.465 e. The Hall–Kier alpha value is -2.15. The van der Waals surface area contributed by atoms with E-state index in [-0.39, 0.29) is 6.61 Å². The number of fused-ring (bicyclic) bond motifs is 1. The number of nitrogens with two attached hydrogens (primary N) is 1. The maximum absolute atomic E-state index is 12.1. The van der Waals surface area contributed by atoms with Gasteiger partial charge >= 0.3 is 5.97 Å². The fourth-order valence-corrected chi connectivity index (χ4v) is 3.23. The van der Waals surface area contributed by atoms with Crippen molar-refractivity contribution in [1.29, 1.82) is 0 Å². The number of hydrogen-bond acceptors (Lipinski definition) is 5. The van der Waals surface area contributed by atoms with E-state index in [2.05, 4.69) is 6.58 Å². The molecule has 0 aliphatic rings. The smallest absolute Gasteiger partial charge is 0.325 e. The number of esters is 1. The molecule has 3 N–H and O–H groups in total. The van der Waals surface area contributed by atoms with Crippen molar-refractivity contribution in [3.63, 3.8) is 0 Å². The summed E-state index contributed by atoms with van der Waals surface area (Å²) in [6.45, 7) is 10.1. The van der Waals surface area contributed by atoms with Crippen molar-refractivity contribution in [2.75, 3.05) is 13.7 Å². The number of aliphatic hydroxyl groups excluding tert-OH is 1. The summed E-state index contributed by atoms with van der Waals surface area (Å²) in [7, 11) is 1.61. The summed E-state index contributed by atoms with van der Waals surface area (Å²) in [4.78, 5) is 12.1. The van der Waals surface area contributed by atoms with Crippen molar-refractivity contribution >= 4 is 16.9 Å². The normalized spacial score (nSPS) is 14.2. The van der Waals surface area contributed by atoms with Crippen LogP contribution >= 0.6 is 0 Å². The third kappa shape index (κ3) is 3.53. The molecule has 2 atom stereocenters. The SMILES string of the molecule is C=CC(C)(C)c1c(C(O)C(N)C(=O)OCC)c2ccccc2n1COC. The number of methoxy groups -OCH3 is 1. The molecule has 6 nitrogen and oxygen atoms in total. The summed E-state index contributed by atoms with van der Waals surface area (Å²) in [5.74, 6) is -0.633. The van der Waals surface area contributed by atoms with Gasteiger partial charge < -0.3 is 24.9 Å². The molecule has 0 spiro atoms. The molecule has 0 fully saturated rings. The number of aromatic nitrogens is 1. The van der Waals surface area contributed by atoms with E-state index in [1.165, 1.54) is 0 Å². The van der Waals surface area contributed by atoms with Crippen molar-refractivity contribution in [3.05, 3.63) is 48.2 Å². The van der Waals surface area contributed by atoms with Gasteiger partial charge in [0.1, 0.15) is 18.9 Å². The molecule has 2 unspecified atom stereocenters. The molecule has 0 radical (unpaired) electrons. The van der Waals surface area contributed by atoms with Gasteiger partial charge in [0.05, 0.1) is 12.1 Å². The standard InChI is InChI=1S/C20H28N2O4/c1-6-20(3,4)18-15(17(23)16(21)19(24)26-7-2)13-10-8-9-11-14(13)22(18)12-25-5/h6,8-11,16-17,23H,1,7,12,21H2,2-5H3. The van der Waals surface area contributed by atoms with Gasteiger partial charge in [-0.2, -0.15) is 0 Å². The van der Waals surface area contributed by atoms with Gasteiger partial charge in [-0.25, -0.2) is 0 Å². The van der Waals surface area contributed by atoms with Crippen LogP contribution in [0.5, 0.6) is 0 Å². The van der Waals surface area contributed by atoms with Crippen LogP contribution in [0.25, 0.3) is 10.9 Å². The molecule has 0 saturated carbocycles. The first-order valence-corrected chi connectivity index (χ1v) is 8.64. The van der Waals surface area contributed by atoms with Crippen LogP contribution in [-0.2, 0) is 26.4 Å². The van der Waals surface area contributed by atoms with Gasteiger partial charge in [0.15, 0.2) is 0 Å². The molecular formula is C20H28N2O4. The first-order chi connectivity index (χ1) is 12.3. The van der Waals surface area contributed by atoms with Gasteiger partial charge in [0.25, 0.3) is 0 Å². The molecule has 1 aromatic heterocycles. The number of aliphatic hydroxyl groups is 1. The van der Waals surface area contributed by atoms with Crippen LogP contribution in [0.2, 0.25) is 0 Å². The second kappa shape index (κ2) is 8.03. The number of hydrogen-bond donors (Lipinski definition) is 2. The maximum Gasteiger partial charge on any atom is 0.325 e. The van der Waals surface area contributed by atoms with Crippen molar-refractivity contribution < 1.29 is 19.4 Å². The minimum absolute atomic E-state index is 0.204. The summed E-state index contributed by atoms with van der Waals surface area (Å²) in [6.07, 6.45) is 0.589. The molecule has 0 bridgehead atoms. The predicted octanol–water partition coefficient (Wildman–Crippen LogP) is 2.63. The lowest BCUT2D eigenvalue weighted by Gasteiger charge is -2.27. The number of allylic oxidation sites excluding steroid dienone is 1. The van der Waals surface area contributed by atoms with E-state index >= 15 is 0 Å². The van der Waals surface area contributed by atoms with Gasteiger partial charge in [-0.3, -0.25) is 4.79 Å². The Bertz CT molecular complexity index is 794. The van der Waals surface area contributed by atoms with E-state index < -0.39 is 23.5 Å². The van der Waals surface area contributed by atoms with Crippen molar-refractivity contribution in [3.8, 4) is 0 Å². The highest BCUT2D eigenvalue weighted by molar-refractivity contribution is 5.88. The Labute approximate surface area is 154 Å². The number of carbonyl (C=O) groups excluding carboxylic acids is 1. The fraction of sp³-hybridized carbons (Fsp3) is 0.450. The average molecular weight is 360 g/mol. The number of carbonyl (C=O) groups is 1. The quantitative estimate of drug-likeness (QED) is 0.558. The number of para-hydroxylation sites is 1. The van der Waals surface area contributed by atoms with E-state index in [1.807, 2.05) is 42.7 Å². The van der Waals surface area contributed by atoms with Crippen molar-refractivity contribution in [2.24, 2.45) is 5.73 Å². The molecule has 26 heavy (non-hydrogen) atoms. The lowest BCUT2D eigenvalue weighted by Crippen LogP contribution is -2.39. The predicted molar refractivity (Wildman–Crippen MR) is 102 cm³/mol. The molecule has 0 aliphatic heterocycles. The Morgan fingerprint density at radius 1 is 1.42 bits per heavy atom. The summed E-state index contributed by atoms with van der Waals surface area (Å²) in [5.41, 5.74) is 7.83. The van der Waals surface area contributed by atoms with Crippen molar-refractivity contribution in [1.82, 2.24) is 4.57 Å². The van der Waals surface area contributed by atoms with Crippen LogP contribution in [0.15, 0.2) is 36.9 Å². The van der Waals surface area contributed by atoms with Crippen LogP contribution in [0.3, 0.4) is 0 Å². The molecule has 0 aliphatic carbocycles. The summed E-state index contributed by atoms with van der Waals surface area (Å²) < 4.78 is 12.3. The minimum atomic E-state index is -1.22. The molecule has 142 valence electrons. The fourth-order valence-electron chi connectivity index (χ4n) is 3.23. The third-order valence-corrected chi connectivity index (χ3v) is 4.58. The molecule has 6 heteroatoms. The van der Waals surface area contributed by atoms with Crippen LogP contribution in [-0.4, -0.2) is 35.4 Å². The zero-order valence-electron chi connectivity index (χ0n) is 15.9. The van der Waals surface area contributed by atoms with Crippen LogP contribution in [0.1, 0.15) is 38.1 Å². The van der Waals surface area contributed by atoms with Gasteiger partial charge in [0, 0.05) is 29.2 Å². The monoisotopic (exact) mass is 360 g/mol. The second-order valence-electron chi connectivity index (χ2n) is 6.77. The number of benzene rings is 1. The lowest BCUT2D eigenvalue weighted by atomic mass is 9.84. The highest BCUT2D eigenvalue weighted by atomic mass is 16.5. The summed E-state index contributed by atoms with van der Waals surface area (Å²) in [6, 6.07) is 6.47.